The predicted octanol–water partition coefficient (Wildman–Crippen LogP) is 4.50. The number of aromatic nitrogens is 2. The molecule has 0 saturated heterocycles. The van der Waals surface area contributed by atoms with Crippen LogP contribution in [0.4, 0.5) is 0 Å². The highest BCUT2D eigenvalue weighted by Gasteiger charge is 2.08. The molecular formula is C17H20N2OS. The molecule has 0 saturated carbocycles. The van der Waals surface area contributed by atoms with E-state index in [2.05, 4.69) is 53.2 Å². The van der Waals surface area contributed by atoms with Gasteiger partial charge in [0.15, 0.2) is 0 Å². The van der Waals surface area contributed by atoms with Gasteiger partial charge in [-0.15, -0.1) is 11.3 Å². The molecule has 0 aliphatic carbocycles. The van der Waals surface area contributed by atoms with Crippen LogP contribution in [0.25, 0.3) is 10.9 Å². The lowest BCUT2D eigenvalue weighted by molar-refractivity contribution is 0.321. The lowest BCUT2D eigenvalue weighted by Gasteiger charge is -2.07. The van der Waals surface area contributed by atoms with E-state index in [-0.39, 0.29) is 0 Å². The summed E-state index contributed by atoms with van der Waals surface area (Å²) in [5, 5.41) is 4.53. The van der Waals surface area contributed by atoms with Gasteiger partial charge in [0.2, 0.25) is 0 Å². The van der Waals surface area contributed by atoms with Crippen molar-refractivity contribution in [2.45, 2.75) is 33.2 Å². The van der Waals surface area contributed by atoms with Crippen LogP contribution in [-0.4, -0.2) is 16.2 Å². The fourth-order valence-corrected chi connectivity index (χ4v) is 3.17. The van der Waals surface area contributed by atoms with Gasteiger partial charge in [-0.25, -0.2) is 4.98 Å². The van der Waals surface area contributed by atoms with Crippen LogP contribution in [0.5, 0.6) is 5.75 Å². The Morgan fingerprint density at radius 1 is 1.24 bits per heavy atom. The van der Waals surface area contributed by atoms with Gasteiger partial charge in [-0.2, -0.15) is 0 Å². The molecular weight excluding hydrogens is 280 g/mol. The number of fused-ring (bicyclic) bond motifs is 1. The maximum Gasteiger partial charge on any atom is 0.128 e. The first-order valence-corrected chi connectivity index (χ1v) is 8.33. The summed E-state index contributed by atoms with van der Waals surface area (Å²) in [5.74, 6) is 0.973. The first kappa shape index (κ1) is 14.1. The zero-order chi connectivity index (χ0) is 14.7. The third kappa shape index (κ3) is 2.95. The van der Waals surface area contributed by atoms with Gasteiger partial charge in [-0.05, 0) is 31.0 Å². The number of rotatable bonds is 6. The quantitative estimate of drug-likeness (QED) is 0.670. The van der Waals surface area contributed by atoms with Gasteiger partial charge < -0.3 is 9.30 Å². The van der Waals surface area contributed by atoms with E-state index < -0.39 is 0 Å². The molecule has 2 heterocycles. The highest BCUT2D eigenvalue weighted by molar-refractivity contribution is 7.09. The Morgan fingerprint density at radius 3 is 2.90 bits per heavy atom. The number of hydrogen-bond donors (Lipinski definition) is 0. The summed E-state index contributed by atoms with van der Waals surface area (Å²) in [6.45, 7) is 5.84. The number of ether oxygens (including phenoxy) is 1. The minimum atomic E-state index is 0.760. The van der Waals surface area contributed by atoms with Crippen molar-refractivity contribution >= 4 is 22.2 Å². The minimum Gasteiger partial charge on any atom is -0.493 e. The molecule has 0 radical (unpaired) electrons. The van der Waals surface area contributed by atoms with Crippen molar-refractivity contribution in [1.29, 1.82) is 0 Å². The van der Waals surface area contributed by atoms with Crippen molar-refractivity contribution in [1.82, 2.24) is 9.55 Å². The molecule has 0 aliphatic rings. The van der Waals surface area contributed by atoms with Crippen molar-refractivity contribution in [2.75, 3.05) is 6.61 Å². The van der Waals surface area contributed by atoms with Gasteiger partial charge in [0.25, 0.3) is 0 Å². The summed E-state index contributed by atoms with van der Waals surface area (Å²) in [4.78, 5) is 4.65. The summed E-state index contributed by atoms with van der Waals surface area (Å²) in [6.07, 6.45) is 4.15. The molecule has 0 amide bonds. The highest BCUT2D eigenvalue weighted by atomic mass is 32.1. The van der Waals surface area contributed by atoms with Crippen LogP contribution in [0.2, 0.25) is 0 Å². The van der Waals surface area contributed by atoms with Gasteiger partial charge in [-0.3, -0.25) is 0 Å². The molecule has 0 fully saturated rings. The molecule has 0 unspecified atom stereocenters. The van der Waals surface area contributed by atoms with Crippen molar-refractivity contribution < 1.29 is 4.74 Å². The van der Waals surface area contributed by atoms with Gasteiger partial charge in [-0.1, -0.05) is 19.9 Å². The van der Waals surface area contributed by atoms with E-state index in [0.717, 1.165) is 37.4 Å². The second kappa shape index (κ2) is 6.31. The largest absolute Gasteiger partial charge is 0.493 e. The summed E-state index contributed by atoms with van der Waals surface area (Å²) in [6, 6.07) is 8.37. The summed E-state index contributed by atoms with van der Waals surface area (Å²) >= 11 is 1.74. The second-order valence-corrected chi connectivity index (χ2v) is 6.01. The van der Waals surface area contributed by atoms with Crippen LogP contribution in [0.1, 0.15) is 31.0 Å². The van der Waals surface area contributed by atoms with E-state index in [1.165, 1.54) is 15.9 Å². The SMILES string of the molecule is CCCOc1cccc2c1ccn2Cc1csc(CC)n1. The molecule has 2 aromatic heterocycles. The fraction of sp³-hybridized carbons (Fsp3) is 0.353. The normalized spacial score (nSPS) is 11.1. The maximum atomic E-state index is 5.83. The highest BCUT2D eigenvalue weighted by Crippen LogP contribution is 2.27. The van der Waals surface area contributed by atoms with Gasteiger partial charge in [0, 0.05) is 17.0 Å². The van der Waals surface area contributed by atoms with Gasteiger partial charge >= 0.3 is 0 Å². The van der Waals surface area contributed by atoms with Crippen molar-refractivity contribution in [3.05, 3.63) is 46.5 Å². The van der Waals surface area contributed by atoms with E-state index in [1.807, 2.05) is 6.07 Å². The number of hydrogen-bond acceptors (Lipinski definition) is 3. The van der Waals surface area contributed by atoms with Crippen LogP contribution in [0, 0.1) is 0 Å². The van der Waals surface area contributed by atoms with Crippen molar-refractivity contribution in [2.24, 2.45) is 0 Å². The monoisotopic (exact) mass is 300 g/mol. The number of aryl methyl sites for hydroxylation is 1. The Hall–Kier alpha value is -1.81. The Kier molecular flexibility index (Phi) is 4.25. The standard InChI is InChI=1S/C17H20N2OS/c1-3-10-20-16-7-5-6-15-14(16)8-9-19(15)11-13-12-21-17(4-2)18-13/h5-9,12H,3-4,10-11H2,1-2H3. The number of benzene rings is 1. The number of nitrogens with zero attached hydrogens (tertiary/aromatic N) is 2. The molecule has 4 heteroatoms. The smallest absolute Gasteiger partial charge is 0.128 e. The summed E-state index contributed by atoms with van der Waals surface area (Å²) < 4.78 is 8.07. The second-order valence-electron chi connectivity index (χ2n) is 5.07. The first-order valence-electron chi connectivity index (χ1n) is 7.45. The molecule has 110 valence electrons. The lowest BCUT2D eigenvalue weighted by Crippen LogP contribution is -1.99. The van der Waals surface area contributed by atoms with E-state index in [0.29, 0.717) is 0 Å². The molecule has 0 aliphatic heterocycles. The average Bonchev–Trinajstić information content (AvgIpc) is 3.13. The van der Waals surface area contributed by atoms with E-state index in [1.54, 1.807) is 11.3 Å². The summed E-state index contributed by atoms with van der Waals surface area (Å²) in [5.41, 5.74) is 2.34. The molecule has 0 atom stereocenters. The summed E-state index contributed by atoms with van der Waals surface area (Å²) in [7, 11) is 0. The molecule has 1 aromatic carbocycles. The first-order chi connectivity index (χ1) is 10.3. The topological polar surface area (TPSA) is 27.1 Å². The molecule has 0 N–H and O–H groups in total. The molecule has 21 heavy (non-hydrogen) atoms. The average molecular weight is 300 g/mol. The Morgan fingerprint density at radius 2 is 2.14 bits per heavy atom. The van der Waals surface area contributed by atoms with Gasteiger partial charge in [0.1, 0.15) is 5.75 Å². The van der Waals surface area contributed by atoms with Gasteiger partial charge in [0.05, 0.1) is 29.4 Å². The van der Waals surface area contributed by atoms with E-state index in [9.17, 15) is 0 Å². The van der Waals surface area contributed by atoms with Crippen LogP contribution in [-0.2, 0) is 13.0 Å². The van der Waals surface area contributed by atoms with Crippen LogP contribution >= 0.6 is 11.3 Å². The Bertz CT molecular complexity index is 729. The molecule has 0 bridgehead atoms. The number of thiazole rings is 1. The van der Waals surface area contributed by atoms with Crippen molar-refractivity contribution in [3.8, 4) is 5.75 Å². The Balaban J connectivity index is 1.89. The third-order valence-corrected chi connectivity index (χ3v) is 4.51. The van der Waals surface area contributed by atoms with E-state index in [4.69, 9.17) is 4.74 Å². The Labute approximate surface area is 129 Å². The van der Waals surface area contributed by atoms with Crippen LogP contribution < -0.4 is 4.74 Å². The third-order valence-electron chi connectivity index (χ3n) is 3.47. The van der Waals surface area contributed by atoms with Crippen molar-refractivity contribution in [3.63, 3.8) is 0 Å². The molecule has 0 spiro atoms. The lowest BCUT2D eigenvalue weighted by atomic mass is 10.2. The van der Waals surface area contributed by atoms with Crippen LogP contribution in [0.15, 0.2) is 35.8 Å². The minimum absolute atomic E-state index is 0.760. The van der Waals surface area contributed by atoms with Crippen LogP contribution in [0.3, 0.4) is 0 Å². The zero-order valence-electron chi connectivity index (χ0n) is 12.5. The molecule has 3 rings (SSSR count). The predicted molar refractivity (Wildman–Crippen MR) is 88.3 cm³/mol. The molecule has 3 aromatic rings. The maximum absolute atomic E-state index is 5.83. The zero-order valence-corrected chi connectivity index (χ0v) is 13.3. The molecule has 3 nitrogen and oxygen atoms in total. The van der Waals surface area contributed by atoms with E-state index >= 15 is 0 Å². The fourth-order valence-electron chi connectivity index (χ4n) is 2.43.